The molecule has 3 rings (SSSR count). The van der Waals surface area contributed by atoms with E-state index in [0.717, 1.165) is 23.3 Å². The summed E-state index contributed by atoms with van der Waals surface area (Å²) in [5, 5.41) is 9.51. The smallest absolute Gasteiger partial charge is 0.326 e. The molecule has 0 saturated carbocycles. The largest absolute Gasteiger partial charge is 0.480 e. The average molecular weight is 460 g/mol. The maximum Gasteiger partial charge on any atom is 0.326 e. The highest BCUT2D eigenvalue weighted by atomic mass is 32.2. The average Bonchev–Trinajstić information content (AvgIpc) is 3.24. The first kappa shape index (κ1) is 22.5. The number of likely N-dealkylation sites (tertiary alicyclic amines) is 1. The summed E-state index contributed by atoms with van der Waals surface area (Å²) in [7, 11) is -4.91. The van der Waals surface area contributed by atoms with Gasteiger partial charge in [-0.3, -0.25) is 13.6 Å². The topological polar surface area (TPSA) is 112 Å². The number of nitrogens with zero attached hydrogens (tertiary/aromatic N) is 1. The highest BCUT2D eigenvalue weighted by molar-refractivity contribution is 8.15. The van der Waals surface area contributed by atoms with Crippen LogP contribution < -0.4 is 0 Å². The van der Waals surface area contributed by atoms with Crippen LogP contribution in [0.2, 0.25) is 0 Å². The number of carboxylic acids is 1. The van der Waals surface area contributed by atoms with E-state index in [4.69, 9.17) is 0 Å². The molecule has 0 aromatic heterocycles. The van der Waals surface area contributed by atoms with Gasteiger partial charge in [0.2, 0.25) is 13.3 Å². The molecule has 0 bridgehead atoms. The van der Waals surface area contributed by atoms with Crippen molar-refractivity contribution in [1.29, 1.82) is 0 Å². The number of amides is 1. The number of unbranched alkanes of at least 4 members (excludes halogenated alkanes) is 1. The Hall–Kier alpha value is -1.15. The molecule has 1 amide bonds. The van der Waals surface area contributed by atoms with Gasteiger partial charge in [0.15, 0.2) is 0 Å². The van der Waals surface area contributed by atoms with E-state index in [2.05, 4.69) is 0 Å². The van der Waals surface area contributed by atoms with Gasteiger partial charge in [-0.1, -0.05) is 30.3 Å². The summed E-state index contributed by atoms with van der Waals surface area (Å²) < 4.78 is 24.2. The fourth-order valence-electron chi connectivity index (χ4n) is 3.86. The van der Waals surface area contributed by atoms with Gasteiger partial charge in [0.05, 0.1) is 0 Å². The number of carbonyl (C=O) groups is 2. The number of benzene rings is 1. The minimum Gasteiger partial charge on any atom is -0.480 e. The van der Waals surface area contributed by atoms with E-state index in [9.17, 15) is 28.4 Å². The van der Waals surface area contributed by atoms with Gasteiger partial charge in [-0.05, 0) is 24.8 Å². The predicted molar refractivity (Wildman–Crippen MR) is 115 cm³/mol. The van der Waals surface area contributed by atoms with Crippen LogP contribution in [0.25, 0.3) is 0 Å². The second-order valence-corrected chi connectivity index (χ2v) is 13.6. The van der Waals surface area contributed by atoms with E-state index in [1.54, 1.807) is 0 Å². The van der Waals surface area contributed by atoms with Crippen LogP contribution in [0.1, 0.15) is 24.8 Å². The molecular formula is C19H26NO6PS2. The Kier molecular flexibility index (Phi) is 7.25. The van der Waals surface area contributed by atoms with E-state index in [1.165, 1.54) is 11.8 Å². The van der Waals surface area contributed by atoms with Crippen molar-refractivity contribution in [2.75, 3.05) is 30.4 Å². The molecule has 0 radical (unpaired) electrons. The summed E-state index contributed by atoms with van der Waals surface area (Å²) in [5.74, 6) is -0.636. The number of aryl methyl sites for hydroxylation is 1. The number of hydrogen-bond acceptors (Lipinski definition) is 5. The summed E-state index contributed by atoms with van der Waals surface area (Å²) in [6.07, 6.45) is 1.65. The third kappa shape index (κ3) is 5.51. The summed E-state index contributed by atoms with van der Waals surface area (Å²) in [4.78, 5) is 35.8. The molecule has 10 heteroatoms. The molecule has 4 unspecified atom stereocenters. The zero-order valence-corrected chi connectivity index (χ0v) is 18.6. The molecule has 160 valence electrons. The van der Waals surface area contributed by atoms with E-state index in [0.29, 0.717) is 17.9 Å². The van der Waals surface area contributed by atoms with Crippen LogP contribution in [0.5, 0.6) is 0 Å². The second-order valence-electron chi connectivity index (χ2n) is 7.56. The quantitative estimate of drug-likeness (QED) is 0.453. The normalized spacial score (nSPS) is 28.5. The lowest BCUT2D eigenvalue weighted by atomic mass is 10.1. The van der Waals surface area contributed by atoms with Crippen molar-refractivity contribution in [1.82, 2.24) is 4.90 Å². The van der Waals surface area contributed by atoms with Gasteiger partial charge in [-0.2, -0.15) is 0 Å². The van der Waals surface area contributed by atoms with Gasteiger partial charge in [0.1, 0.15) is 16.3 Å². The minimum atomic E-state index is -3.70. The lowest BCUT2D eigenvalue weighted by molar-refractivity contribution is -0.147. The molecule has 0 aliphatic carbocycles. The Balaban J connectivity index is 1.55. The Morgan fingerprint density at radius 1 is 1.28 bits per heavy atom. The van der Waals surface area contributed by atoms with Crippen molar-refractivity contribution >= 4 is 41.8 Å². The number of carbonyl (C=O) groups excluding carboxylic acids is 1. The monoisotopic (exact) mass is 459 g/mol. The molecule has 4 atom stereocenters. The van der Waals surface area contributed by atoms with Crippen molar-refractivity contribution in [3.63, 3.8) is 0 Å². The van der Waals surface area contributed by atoms with Gasteiger partial charge in [-0.25, -0.2) is 4.79 Å². The predicted octanol–water partition coefficient (Wildman–Crippen LogP) is 2.16. The van der Waals surface area contributed by atoms with Crippen LogP contribution in [-0.2, 0) is 31.4 Å². The molecule has 2 aliphatic heterocycles. The van der Waals surface area contributed by atoms with Crippen LogP contribution in [0, 0.1) is 0 Å². The van der Waals surface area contributed by atoms with Gasteiger partial charge in [0.25, 0.3) is 0 Å². The molecule has 1 aromatic rings. The number of aliphatic carboxylic acids is 1. The molecule has 2 heterocycles. The second kappa shape index (κ2) is 9.33. The summed E-state index contributed by atoms with van der Waals surface area (Å²) in [6.45, 7) is 0.0636. The van der Waals surface area contributed by atoms with Gasteiger partial charge < -0.3 is 14.9 Å². The standard InChI is InChI=1S/C19H26NO6PS2/c21-17(13-27(24,25)9-5-4-8-15-6-2-1-3-7-15)20-14-19(12-16(20)18(22)23)28-10-11-29(19)26/h1-3,6-7,16H,4-5,8-14H2,(H,22,23)(H,24,25). The van der Waals surface area contributed by atoms with Crippen molar-refractivity contribution < 1.29 is 28.4 Å². The van der Waals surface area contributed by atoms with Crippen molar-refractivity contribution in [2.24, 2.45) is 0 Å². The first-order valence-corrected chi connectivity index (χ1v) is 14.0. The Bertz CT molecular complexity index is 835. The molecule has 2 N–H and O–H groups in total. The highest BCUT2D eigenvalue weighted by Gasteiger charge is 2.55. The molecule has 29 heavy (non-hydrogen) atoms. The Labute approximate surface area is 177 Å². The van der Waals surface area contributed by atoms with E-state index in [-0.39, 0.29) is 19.1 Å². The summed E-state index contributed by atoms with van der Waals surface area (Å²) in [5.41, 5.74) is 1.16. The number of carboxylic acid groups (broad SMARTS) is 1. The SMILES string of the molecule is O=C(O)C1CC2(CN1C(=O)CP(=O)(O)CCCCc1ccccc1)SCCS2=O. The molecule has 1 spiro atoms. The summed E-state index contributed by atoms with van der Waals surface area (Å²) in [6, 6.07) is 8.74. The van der Waals surface area contributed by atoms with Crippen LogP contribution in [-0.4, -0.2) is 71.5 Å². The Morgan fingerprint density at radius 2 is 2.00 bits per heavy atom. The van der Waals surface area contributed by atoms with Crippen molar-refractivity contribution in [3.05, 3.63) is 35.9 Å². The lowest BCUT2D eigenvalue weighted by Crippen LogP contribution is -2.42. The van der Waals surface area contributed by atoms with Gasteiger partial charge >= 0.3 is 5.97 Å². The molecular weight excluding hydrogens is 433 g/mol. The summed E-state index contributed by atoms with van der Waals surface area (Å²) >= 11 is 1.45. The third-order valence-electron chi connectivity index (χ3n) is 5.39. The number of thioether (sulfide) groups is 1. The van der Waals surface area contributed by atoms with Crippen LogP contribution >= 0.6 is 19.1 Å². The zero-order valence-electron chi connectivity index (χ0n) is 16.1. The van der Waals surface area contributed by atoms with Crippen LogP contribution in [0.4, 0.5) is 0 Å². The number of rotatable bonds is 8. The minimum absolute atomic E-state index is 0.0307. The molecule has 2 aliphatic rings. The van der Waals surface area contributed by atoms with Gasteiger partial charge in [0, 0.05) is 41.4 Å². The molecule has 7 nitrogen and oxygen atoms in total. The molecule has 2 fully saturated rings. The lowest BCUT2D eigenvalue weighted by Gasteiger charge is -2.24. The van der Waals surface area contributed by atoms with Crippen molar-refractivity contribution in [2.45, 2.75) is 35.8 Å². The zero-order chi connectivity index (χ0) is 21.1. The van der Waals surface area contributed by atoms with Gasteiger partial charge in [-0.15, -0.1) is 11.8 Å². The molecule has 2 saturated heterocycles. The van der Waals surface area contributed by atoms with Crippen LogP contribution in [0.15, 0.2) is 30.3 Å². The first-order valence-electron chi connectivity index (χ1n) is 9.62. The Morgan fingerprint density at radius 3 is 2.62 bits per heavy atom. The van der Waals surface area contributed by atoms with Crippen molar-refractivity contribution in [3.8, 4) is 0 Å². The highest BCUT2D eigenvalue weighted by Crippen LogP contribution is 2.47. The molecule has 1 aromatic carbocycles. The fourth-order valence-corrected chi connectivity index (χ4v) is 9.18. The van der Waals surface area contributed by atoms with E-state index in [1.807, 2.05) is 30.3 Å². The maximum absolute atomic E-state index is 12.7. The number of hydrogen-bond donors (Lipinski definition) is 2. The van der Waals surface area contributed by atoms with E-state index >= 15 is 0 Å². The van der Waals surface area contributed by atoms with Crippen LogP contribution in [0.3, 0.4) is 0 Å². The van der Waals surface area contributed by atoms with E-state index < -0.39 is 46.3 Å². The first-order chi connectivity index (χ1) is 13.7. The fraction of sp³-hybridized carbons (Fsp3) is 0.579. The third-order valence-corrected chi connectivity index (χ3v) is 11.3. The maximum atomic E-state index is 12.7.